The van der Waals surface area contributed by atoms with Crippen molar-refractivity contribution in [3.8, 4) is 0 Å². The largest absolute Gasteiger partial charge is 0.469 e. The summed E-state index contributed by atoms with van der Waals surface area (Å²) in [5.74, 6) is 0.859. The van der Waals surface area contributed by atoms with Gasteiger partial charge in [-0.05, 0) is 48.2 Å². The van der Waals surface area contributed by atoms with Crippen molar-refractivity contribution in [1.29, 1.82) is 0 Å². The van der Waals surface area contributed by atoms with Gasteiger partial charge in [0.2, 0.25) is 0 Å². The minimum atomic E-state index is -0.668. The fourth-order valence-corrected chi connectivity index (χ4v) is 3.11. The molecule has 2 nitrogen and oxygen atoms in total. The molecule has 1 aliphatic carbocycles. The summed E-state index contributed by atoms with van der Waals surface area (Å²) in [6.45, 7) is 0. The van der Waals surface area contributed by atoms with Gasteiger partial charge in [0.05, 0.1) is 11.9 Å². The standard InChI is InChI=1S/C15H15BrO2/c16-13-4-3-12-9-15(17,6-5-11(12)8-13)10-14-2-1-7-18-14/h1-4,7-8,17H,5-6,9-10H2. The number of rotatable bonds is 2. The molecule has 0 saturated carbocycles. The zero-order valence-corrected chi connectivity index (χ0v) is 11.6. The number of aryl methyl sites for hydroxylation is 1. The lowest BCUT2D eigenvalue weighted by atomic mass is 9.78. The number of hydrogen-bond donors (Lipinski definition) is 1. The number of fused-ring (bicyclic) bond motifs is 1. The van der Waals surface area contributed by atoms with Crippen LogP contribution in [0, 0.1) is 0 Å². The fraction of sp³-hybridized carbons (Fsp3) is 0.333. The zero-order chi connectivity index (χ0) is 12.6. The van der Waals surface area contributed by atoms with Crippen LogP contribution in [0.25, 0.3) is 0 Å². The molecule has 1 aliphatic rings. The highest BCUT2D eigenvalue weighted by Crippen LogP contribution is 2.32. The Hall–Kier alpha value is -1.06. The molecule has 94 valence electrons. The van der Waals surface area contributed by atoms with Gasteiger partial charge >= 0.3 is 0 Å². The first-order chi connectivity index (χ1) is 8.65. The smallest absolute Gasteiger partial charge is 0.106 e. The molecule has 1 N–H and O–H groups in total. The van der Waals surface area contributed by atoms with E-state index in [0.29, 0.717) is 12.8 Å². The lowest BCUT2D eigenvalue weighted by Gasteiger charge is -2.33. The Kier molecular flexibility index (Phi) is 3.04. The minimum Gasteiger partial charge on any atom is -0.469 e. The molecule has 1 aromatic heterocycles. The maximum atomic E-state index is 10.7. The van der Waals surface area contributed by atoms with E-state index in [1.807, 2.05) is 18.2 Å². The van der Waals surface area contributed by atoms with Crippen LogP contribution in [-0.4, -0.2) is 10.7 Å². The second-order valence-electron chi connectivity index (χ2n) is 5.07. The van der Waals surface area contributed by atoms with Crippen molar-refractivity contribution in [3.63, 3.8) is 0 Å². The van der Waals surface area contributed by atoms with Crippen LogP contribution in [0.3, 0.4) is 0 Å². The number of aliphatic hydroxyl groups is 1. The van der Waals surface area contributed by atoms with Crippen molar-refractivity contribution in [3.05, 3.63) is 58.0 Å². The third kappa shape index (κ3) is 2.38. The van der Waals surface area contributed by atoms with Gasteiger partial charge in [0.15, 0.2) is 0 Å². The molecule has 0 saturated heterocycles. The SMILES string of the molecule is OC1(Cc2ccco2)CCc2cc(Br)ccc2C1. The van der Waals surface area contributed by atoms with E-state index in [9.17, 15) is 5.11 Å². The average Bonchev–Trinajstić information content (AvgIpc) is 2.82. The number of halogens is 1. The molecule has 0 aliphatic heterocycles. The van der Waals surface area contributed by atoms with Crippen molar-refractivity contribution in [2.24, 2.45) is 0 Å². The highest BCUT2D eigenvalue weighted by Gasteiger charge is 2.33. The molecule has 2 aromatic rings. The number of hydrogen-bond acceptors (Lipinski definition) is 2. The van der Waals surface area contributed by atoms with E-state index >= 15 is 0 Å². The summed E-state index contributed by atoms with van der Waals surface area (Å²) < 4.78 is 6.45. The molecule has 3 rings (SSSR count). The van der Waals surface area contributed by atoms with Gasteiger partial charge < -0.3 is 9.52 Å². The molecule has 0 spiro atoms. The molecule has 0 fully saturated rings. The van der Waals surface area contributed by atoms with Crippen LogP contribution in [0.5, 0.6) is 0 Å². The molecular formula is C15H15BrO2. The second-order valence-corrected chi connectivity index (χ2v) is 5.99. The lowest BCUT2D eigenvalue weighted by Crippen LogP contribution is -2.37. The molecule has 3 heteroatoms. The third-order valence-electron chi connectivity index (χ3n) is 3.63. The quantitative estimate of drug-likeness (QED) is 0.921. The van der Waals surface area contributed by atoms with E-state index in [1.165, 1.54) is 11.1 Å². The summed E-state index contributed by atoms with van der Waals surface area (Å²) in [5, 5.41) is 10.7. The van der Waals surface area contributed by atoms with Crippen LogP contribution in [0.1, 0.15) is 23.3 Å². The molecule has 1 unspecified atom stereocenters. The Labute approximate surface area is 115 Å². The molecule has 18 heavy (non-hydrogen) atoms. The molecule has 1 heterocycles. The highest BCUT2D eigenvalue weighted by molar-refractivity contribution is 9.10. The number of furan rings is 1. The van der Waals surface area contributed by atoms with Gasteiger partial charge in [-0.1, -0.05) is 22.0 Å². The summed E-state index contributed by atoms with van der Waals surface area (Å²) in [7, 11) is 0. The monoisotopic (exact) mass is 306 g/mol. The third-order valence-corrected chi connectivity index (χ3v) is 4.12. The fourth-order valence-electron chi connectivity index (χ4n) is 2.70. The normalized spacial score (nSPS) is 22.8. The molecule has 0 radical (unpaired) electrons. The predicted molar refractivity (Wildman–Crippen MR) is 73.5 cm³/mol. The van der Waals surface area contributed by atoms with Crippen molar-refractivity contribution >= 4 is 15.9 Å². The first kappa shape index (κ1) is 12.0. The summed E-state index contributed by atoms with van der Waals surface area (Å²) in [4.78, 5) is 0. The number of benzene rings is 1. The van der Waals surface area contributed by atoms with Crippen LogP contribution >= 0.6 is 15.9 Å². The van der Waals surface area contributed by atoms with E-state index in [-0.39, 0.29) is 0 Å². The van der Waals surface area contributed by atoms with E-state index in [0.717, 1.165) is 23.1 Å². The van der Waals surface area contributed by atoms with Crippen molar-refractivity contribution in [2.75, 3.05) is 0 Å². The molecule has 0 bridgehead atoms. The summed E-state index contributed by atoms with van der Waals surface area (Å²) >= 11 is 3.49. The van der Waals surface area contributed by atoms with Gasteiger partial charge in [-0.25, -0.2) is 0 Å². The van der Waals surface area contributed by atoms with Crippen LogP contribution in [-0.2, 0) is 19.3 Å². The van der Waals surface area contributed by atoms with Gasteiger partial charge in [0, 0.05) is 17.3 Å². The van der Waals surface area contributed by atoms with Gasteiger partial charge in [0.1, 0.15) is 5.76 Å². The van der Waals surface area contributed by atoms with Crippen LogP contribution in [0.4, 0.5) is 0 Å². The first-order valence-electron chi connectivity index (χ1n) is 6.17. The van der Waals surface area contributed by atoms with E-state index in [4.69, 9.17) is 4.42 Å². The maximum Gasteiger partial charge on any atom is 0.106 e. The van der Waals surface area contributed by atoms with Crippen molar-refractivity contribution in [1.82, 2.24) is 0 Å². The lowest BCUT2D eigenvalue weighted by molar-refractivity contribution is 0.0221. The minimum absolute atomic E-state index is 0.593. The zero-order valence-electron chi connectivity index (χ0n) is 10.0. The average molecular weight is 307 g/mol. The highest BCUT2D eigenvalue weighted by atomic mass is 79.9. The van der Waals surface area contributed by atoms with Gasteiger partial charge in [-0.2, -0.15) is 0 Å². The maximum absolute atomic E-state index is 10.7. The van der Waals surface area contributed by atoms with E-state index in [1.54, 1.807) is 6.26 Å². The molecule has 0 amide bonds. The topological polar surface area (TPSA) is 33.4 Å². The predicted octanol–water partition coefficient (Wildman–Crippen LogP) is 3.50. The Morgan fingerprint density at radius 3 is 2.94 bits per heavy atom. The van der Waals surface area contributed by atoms with Gasteiger partial charge in [0.25, 0.3) is 0 Å². The molecular weight excluding hydrogens is 292 g/mol. The Morgan fingerprint density at radius 2 is 2.17 bits per heavy atom. The van der Waals surface area contributed by atoms with Crippen molar-refractivity contribution in [2.45, 2.75) is 31.3 Å². The van der Waals surface area contributed by atoms with Gasteiger partial charge in [-0.3, -0.25) is 0 Å². The Bertz CT molecular complexity index is 548. The van der Waals surface area contributed by atoms with Gasteiger partial charge in [-0.15, -0.1) is 0 Å². The Balaban J connectivity index is 1.83. The van der Waals surface area contributed by atoms with E-state index in [2.05, 4.69) is 28.1 Å². The second kappa shape index (κ2) is 4.56. The summed E-state index contributed by atoms with van der Waals surface area (Å²) in [5.41, 5.74) is 1.92. The molecule has 1 atom stereocenters. The summed E-state index contributed by atoms with van der Waals surface area (Å²) in [6.07, 6.45) is 4.67. The van der Waals surface area contributed by atoms with E-state index < -0.39 is 5.60 Å². The molecule has 1 aromatic carbocycles. The van der Waals surface area contributed by atoms with Crippen LogP contribution in [0.15, 0.2) is 45.5 Å². The van der Waals surface area contributed by atoms with Crippen LogP contribution in [0.2, 0.25) is 0 Å². The first-order valence-corrected chi connectivity index (χ1v) is 6.96. The Morgan fingerprint density at radius 1 is 1.28 bits per heavy atom. The van der Waals surface area contributed by atoms with Crippen LogP contribution < -0.4 is 0 Å². The van der Waals surface area contributed by atoms with Crippen molar-refractivity contribution < 1.29 is 9.52 Å². The summed E-state index contributed by atoms with van der Waals surface area (Å²) in [6, 6.07) is 10.1.